The van der Waals surface area contributed by atoms with Crippen LogP contribution in [-0.2, 0) is 9.59 Å². The molecule has 2 amide bonds. The highest BCUT2D eigenvalue weighted by molar-refractivity contribution is 6.05. The molecule has 4 bridgehead atoms. The van der Waals surface area contributed by atoms with Crippen molar-refractivity contribution in [2.24, 2.45) is 23.2 Å². The molecule has 2 N–H and O–H groups in total. The smallest absolute Gasteiger partial charge is 0.308 e. The van der Waals surface area contributed by atoms with Gasteiger partial charge in [-0.3, -0.25) is 14.4 Å². The third-order valence-electron chi connectivity index (χ3n) is 7.46. The molecular weight excluding hydrogens is 416 g/mol. The molecular formula is C27H30N2O4. The molecule has 6 heteroatoms. The van der Waals surface area contributed by atoms with E-state index in [1.165, 1.54) is 51.5 Å². The zero-order chi connectivity index (χ0) is 23.0. The fourth-order valence-electron chi connectivity index (χ4n) is 6.80. The number of amides is 2. The molecule has 33 heavy (non-hydrogen) atoms. The molecule has 6 rings (SSSR count). The van der Waals surface area contributed by atoms with Gasteiger partial charge in [-0.2, -0.15) is 0 Å². The summed E-state index contributed by atoms with van der Waals surface area (Å²) in [7, 11) is 0. The van der Waals surface area contributed by atoms with Crippen molar-refractivity contribution in [1.82, 2.24) is 0 Å². The standard InChI is InChI=1S/C27H30N2O4/c1-17(30)33-24-7-2-4-21(11-24)26(32)29-23-6-3-5-22(12-23)28-25(31)16-27-13-18-8-19(14-27)10-20(9-18)15-27/h2-7,11-12,18-20H,8-10,13-16H2,1H3,(H,28,31)(H,29,32). The van der Waals surface area contributed by atoms with Gasteiger partial charge in [-0.05, 0) is 98.1 Å². The Hall–Kier alpha value is -3.15. The van der Waals surface area contributed by atoms with Gasteiger partial charge in [0.05, 0.1) is 0 Å². The molecule has 4 aliphatic rings. The number of carbonyl (C=O) groups excluding carboxylic acids is 3. The quantitative estimate of drug-likeness (QED) is 0.459. The van der Waals surface area contributed by atoms with Gasteiger partial charge in [0.1, 0.15) is 5.75 Å². The average Bonchev–Trinajstić information content (AvgIpc) is 2.72. The molecule has 0 spiro atoms. The van der Waals surface area contributed by atoms with Gasteiger partial charge in [0.25, 0.3) is 5.91 Å². The topological polar surface area (TPSA) is 84.5 Å². The van der Waals surface area contributed by atoms with Crippen molar-refractivity contribution >= 4 is 29.2 Å². The molecule has 172 valence electrons. The Labute approximate surface area is 194 Å². The molecule has 2 aromatic rings. The van der Waals surface area contributed by atoms with Crippen LogP contribution in [0.1, 0.15) is 62.2 Å². The lowest BCUT2D eigenvalue weighted by Gasteiger charge is -2.56. The van der Waals surface area contributed by atoms with Gasteiger partial charge < -0.3 is 15.4 Å². The van der Waals surface area contributed by atoms with Gasteiger partial charge in [-0.15, -0.1) is 0 Å². The molecule has 0 saturated heterocycles. The predicted molar refractivity (Wildman–Crippen MR) is 126 cm³/mol. The Morgan fingerprint density at radius 3 is 2.12 bits per heavy atom. The minimum Gasteiger partial charge on any atom is -0.427 e. The maximum Gasteiger partial charge on any atom is 0.308 e. The summed E-state index contributed by atoms with van der Waals surface area (Å²) >= 11 is 0. The summed E-state index contributed by atoms with van der Waals surface area (Å²) in [6, 6.07) is 13.7. The average molecular weight is 447 g/mol. The molecule has 0 atom stereocenters. The van der Waals surface area contributed by atoms with Crippen LogP contribution in [0.25, 0.3) is 0 Å². The third kappa shape index (κ3) is 4.95. The zero-order valence-corrected chi connectivity index (χ0v) is 18.9. The van der Waals surface area contributed by atoms with Crippen LogP contribution in [0.15, 0.2) is 48.5 Å². The first-order valence-electron chi connectivity index (χ1n) is 11.9. The highest BCUT2D eigenvalue weighted by Crippen LogP contribution is 2.61. The number of esters is 1. The van der Waals surface area contributed by atoms with Gasteiger partial charge in [0.2, 0.25) is 5.91 Å². The molecule has 4 saturated carbocycles. The number of rotatable bonds is 6. The van der Waals surface area contributed by atoms with Crippen LogP contribution < -0.4 is 15.4 Å². The second-order valence-corrected chi connectivity index (χ2v) is 10.3. The first-order chi connectivity index (χ1) is 15.9. The van der Waals surface area contributed by atoms with Crippen LogP contribution in [0, 0.1) is 23.2 Å². The summed E-state index contributed by atoms with van der Waals surface area (Å²) < 4.78 is 5.05. The SMILES string of the molecule is CC(=O)Oc1cccc(C(=O)Nc2cccc(NC(=O)CC34CC5CC(CC(C5)C3)C4)c2)c1. The van der Waals surface area contributed by atoms with E-state index < -0.39 is 5.97 Å². The fourth-order valence-corrected chi connectivity index (χ4v) is 6.80. The van der Waals surface area contributed by atoms with Crippen LogP contribution in [-0.4, -0.2) is 17.8 Å². The van der Waals surface area contributed by atoms with E-state index in [2.05, 4.69) is 10.6 Å². The van der Waals surface area contributed by atoms with Crippen LogP contribution in [0.4, 0.5) is 11.4 Å². The van der Waals surface area contributed by atoms with Crippen LogP contribution in [0.5, 0.6) is 5.75 Å². The van der Waals surface area contributed by atoms with E-state index in [0.29, 0.717) is 29.1 Å². The maximum absolute atomic E-state index is 12.9. The minimum absolute atomic E-state index is 0.0644. The molecule has 4 fully saturated rings. The minimum atomic E-state index is -0.440. The predicted octanol–water partition coefficient (Wildman–Crippen LogP) is 5.41. The van der Waals surface area contributed by atoms with E-state index in [4.69, 9.17) is 4.74 Å². The number of hydrogen-bond acceptors (Lipinski definition) is 4. The van der Waals surface area contributed by atoms with Crippen molar-refractivity contribution in [3.63, 3.8) is 0 Å². The number of carbonyl (C=O) groups is 3. The summed E-state index contributed by atoms with van der Waals surface area (Å²) in [4.78, 5) is 36.8. The maximum atomic E-state index is 12.9. The highest BCUT2D eigenvalue weighted by atomic mass is 16.5. The Bertz CT molecular complexity index is 1060. The summed E-state index contributed by atoms with van der Waals surface area (Å²) in [5.74, 6) is 2.09. The second kappa shape index (κ2) is 8.65. The summed E-state index contributed by atoms with van der Waals surface area (Å²) in [6.45, 7) is 1.32. The van der Waals surface area contributed by atoms with Crippen molar-refractivity contribution in [2.75, 3.05) is 10.6 Å². The number of hydrogen-bond donors (Lipinski definition) is 2. The number of anilines is 2. The third-order valence-corrected chi connectivity index (χ3v) is 7.46. The Morgan fingerprint density at radius 2 is 1.48 bits per heavy atom. The van der Waals surface area contributed by atoms with E-state index >= 15 is 0 Å². The van der Waals surface area contributed by atoms with Crippen molar-refractivity contribution < 1.29 is 19.1 Å². The van der Waals surface area contributed by atoms with Gasteiger partial charge in [0.15, 0.2) is 0 Å². The van der Waals surface area contributed by atoms with Crippen LogP contribution >= 0.6 is 0 Å². The summed E-state index contributed by atoms with van der Waals surface area (Å²) in [5, 5.41) is 5.90. The van der Waals surface area contributed by atoms with Crippen molar-refractivity contribution in [1.29, 1.82) is 0 Å². The molecule has 0 aromatic heterocycles. The van der Waals surface area contributed by atoms with E-state index in [1.807, 2.05) is 12.1 Å². The Kier molecular flexibility index (Phi) is 5.69. The van der Waals surface area contributed by atoms with E-state index in [9.17, 15) is 14.4 Å². The van der Waals surface area contributed by atoms with Gasteiger partial charge in [0, 0.05) is 30.3 Å². The molecule has 0 unspecified atom stereocenters. The normalized spacial score (nSPS) is 27.1. The molecule has 2 aromatic carbocycles. The lowest BCUT2D eigenvalue weighted by atomic mass is 9.49. The molecule has 0 heterocycles. The molecule has 0 radical (unpaired) electrons. The van der Waals surface area contributed by atoms with Crippen molar-refractivity contribution in [3.05, 3.63) is 54.1 Å². The summed E-state index contributed by atoms with van der Waals surface area (Å²) in [5.41, 5.74) is 1.84. The zero-order valence-electron chi connectivity index (χ0n) is 18.9. The van der Waals surface area contributed by atoms with E-state index in [0.717, 1.165) is 17.8 Å². The van der Waals surface area contributed by atoms with E-state index in [-0.39, 0.29) is 17.2 Å². The van der Waals surface area contributed by atoms with Gasteiger partial charge in [-0.25, -0.2) is 0 Å². The number of benzene rings is 2. The highest BCUT2D eigenvalue weighted by Gasteiger charge is 2.51. The molecule has 0 aliphatic heterocycles. The first-order valence-corrected chi connectivity index (χ1v) is 11.9. The lowest BCUT2D eigenvalue weighted by Crippen LogP contribution is -2.47. The van der Waals surface area contributed by atoms with Crippen LogP contribution in [0.3, 0.4) is 0 Å². The van der Waals surface area contributed by atoms with Crippen LogP contribution in [0.2, 0.25) is 0 Å². The summed E-state index contributed by atoms with van der Waals surface area (Å²) in [6.07, 6.45) is 8.31. The fraction of sp³-hybridized carbons (Fsp3) is 0.444. The lowest BCUT2D eigenvalue weighted by molar-refractivity contribution is -0.132. The molecule has 4 aliphatic carbocycles. The second-order valence-electron chi connectivity index (χ2n) is 10.3. The Balaban J connectivity index is 1.21. The van der Waals surface area contributed by atoms with Crippen molar-refractivity contribution in [3.8, 4) is 5.75 Å². The van der Waals surface area contributed by atoms with Gasteiger partial charge in [-0.1, -0.05) is 12.1 Å². The van der Waals surface area contributed by atoms with Gasteiger partial charge >= 0.3 is 5.97 Å². The number of ether oxygens (including phenoxy) is 1. The molecule has 6 nitrogen and oxygen atoms in total. The largest absolute Gasteiger partial charge is 0.427 e. The monoisotopic (exact) mass is 446 g/mol. The number of nitrogens with one attached hydrogen (secondary N) is 2. The Morgan fingerprint density at radius 1 is 0.879 bits per heavy atom. The van der Waals surface area contributed by atoms with E-state index in [1.54, 1.807) is 30.3 Å². The van der Waals surface area contributed by atoms with Crippen molar-refractivity contribution in [2.45, 2.75) is 51.9 Å². The first kappa shape index (κ1) is 21.7.